The summed E-state index contributed by atoms with van der Waals surface area (Å²) in [5.41, 5.74) is 4.27. The molecule has 1 saturated carbocycles. The normalized spacial score (nSPS) is 14.9. The molecule has 1 aromatic heterocycles. The second-order valence-electron chi connectivity index (χ2n) is 8.45. The molecule has 5 rings (SSSR count). The highest BCUT2D eigenvalue weighted by atomic mass is 19.1. The van der Waals surface area contributed by atoms with Crippen LogP contribution in [0.15, 0.2) is 72.9 Å². The zero-order chi connectivity index (χ0) is 23.7. The third-order valence-electron chi connectivity index (χ3n) is 6.38. The van der Waals surface area contributed by atoms with Crippen LogP contribution in [-0.4, -0.2) is 21.3 Å². The van der Waals surface area contributed by atoms with Gasteiger partial charge in [0.05, 0.1) is 11.6 Å². The van der Waals surface area contributed by atoms with Crippen LogP contribution in [0.5, 0.6) is 0 Å². The summed E-state index contributed by atoms with van der Waals surface area (Å²) in [5.74, 6) is -1.90. The molecule has 0 amide bonds. The number of aromatic amines is 1. The second kappa shape index (κ2) is 9.06. The van der Waals surface area contributed by atoms with Crippen molar-refractivity contribution in [3.63, 3.8) is 0 Å². The Morgan fingerprint density at radius 3 is 2.41 bits per heavy atom. The Morgan fingerprint density at radius 2 is 1.76 bits per heavy atom. The summed E-state index contributed by atoms with van der Waals surface area (Å²) in [6, 6.07) is 18.3. The molecule has 1 aliphatic carbocycles. The van der Waals surface area contributed by atoms with Crippen LogP contribution < -0.4 is 0 Å². The molecular formula is C28H22F2N2O2. The minimum absolute atomic E-state index is 0.0414. The van der Waals surface area contributed by atoms with Gasteiger partial charge in [0.15, 0.2) is 0 Å². The highest BCUT2D eigenvalue weighted by Crippen LogP contribution is 2.46. The van der Waals surface area contributed by atoms with Crippen molar-refractivity contribution in [2.24, 2.45) is 5.92 Å². The fourth-order valence-corrected chi connectivity index (χ4v) is 4.51. The van der Waals surface area contributed by atoms with E-state index in [1.54, 1.807) is 12.1 Å². The van der Waals surface area contributed by atoms with Gasteiger partial charge in [0.1, 0.15) is 17.2 Å². The Balaban J connectivity index is 1.78. The van der Waals surface area contributed by atoms with Gasteiger partial charge in [0.2, 0.25) is 0 Å². The largest absolute Gasteiger partial charge is 0.478 e. The summed E-state index contributed by atoms with van der Waals surface area (Å²) in [6.07, 6.45) is 6.91. The molecule has 4 nitrogen and oxygen atoms in total. The van der Waals surface area contributed by atoms with Gasteiger partial charge < -0.3 is 5.11 Å². The van der Waals surface area contributed by atoms with Crippen LogP contribution in [0.4, 0.5) is 8.78 Å². The summed E-state index contributed by atoms with van der Waals surface area (Å²) < 4.78 is 30.8. The van der Waals surface area contributed by atoms with Crippen molar-refractivity contribution >= 4 is 34.1 Å². The van der Waals surface area contributed by atoms with Gasteiger partial charge in [0.25, 0.3) is 0 Å². The third kappa shape index (κ3) is 4.03. The van der Waals surface area contributed by atoms with E-state index in [0.717, 1.165) is 42.0 Å². The van der Waals surface area contributed by atoms with Gasteiger partial charge in [-0.1, -0.05) is 61.0 Å². The minimum atomic E-state index is -1.04. The van der Waals surface area contributed by atoms with Gasteiger partial charge in [-0.15, -0.1) is 0 Å². The van der Waals surface area contributed by atoms with Crippen LogP contribution in [0.2, 0.25) is 0 Å². The standard InChI is InChI=1S/C28H22F2N2O2/c29-23-15-21(27(30)22-16-31-32-28(22)23)26(20-12-9-17(10-13-20)11-14-24(33)34)25(19-7-4-8-19)18-5-2-1-3-6-18/h1-3,5-6,9-16,19H,4,7-8H2,(H,31,32)(H,33,34). The maximum atomic E-state index is 15.8. The average molecular weight is 456 g/mol. The molecule has 1 heterocycles. The zero-order valence-corrected chi connectivity index (χ0v) is 18.3. The topological polar surface area (TPSA) is 66.0 Å². The van der Waals surface area contributed by atoms with E-state index in [4.69, 9.17) is 5.11 Å². The number of H-pyrrole nitrogens is 1. The number of carbonyl (C=O) groups is 1. The molecule has 0 spiro atoms. The molecule has 0 aliphatic heterocycles. The van der Waals surface area contributed by atoms with Gasteiger partial charge >= 0.3 is 5.97 Å². The van der Waals surface area contributed by atoms with Crippen LogP contribution in [0.1, 0.15) is 41.5 Å². The Kier molecular flexibility index (Phi) is 5.80. The quantitative estimate of drug-likeness (QED) is 0.251. The molecule has 1 fully saturated rings. The molecule has 0 saturated heterocycles. The van der Waals surface area contributed by atoms with Gasteiger partial charge in [0, 0.05) is 11.6 Å². The van der Waals surface area contributed by atoms with Gasteiger partial charge in [-0.2, -0.15) is 5.10 Å². The molecule has 2 N–H and O–H groups in total. The lowest BCUT2D eigenvalue weighted by Gasteiger charge is -2.31. The summed E-state index contributed by atoms with van der Waals surface area (Å²) >= 11 is 0. The number of aromatic nitrogens is 2. The highest BCUT2D eigenvalue weighted by molar-refractivity contribution is 6.01. The maximum absolute atomic E-state index is 15.8. The smallest absolute Gasteiger partial charge is 0.328 e. The first-order chi connectivity index (χ1) is 16.5. The van der Waals surface area contributed by atoms with E-state index in [0.29, 0.717) is 11.1 Å². The van der Waals surface area contributed by atoms with Crippen LogP contribution in [0.3, 0.4) is 0 Å². The lowest BCUT2D eigenvalue weighted by molar-refractivity contribution is -0.131. The Bertz CT molecular complexity index is 1420. The van der Waals surface area contributed by atoms with Crippen LogP contribution >= 0.6 is 0 Å². The number of rotatable bonds is 6. The van der Waals surface area contributed by atoms with E-state index in [1.807, 2.05) is 42.5 Å². The minimum Gasteiger partial charge on any atom is -0.478 e. The summed E-state index contributed by atoms with van der Waals surface area (Å²) in [4.78, 5) is 10.9. The molecule has 170 valence electrons. The number of hydrogen-bond donors (Lipinski definition) is 2. The van der Waals surface area contributed by atoms with E-state index < -0.39 is 17.6 Å². The van der Waals surface area contributed by atoms with Crippen molar-refractivity contribution in [3.8, 4) is 0 Å². The number of nitrogens with zero attached hydrogens (tertiary/aromatic N) is 1. The number of hydrogen-bond acceptors (Lipinski definition) is 2. The molecule has 4 aromatic rings. The van der Waals surface area contributed by atoms with Gasteiger partial charge in [-0.3, -0.25) is 5.10 Å². The van der Waals surface area contributed by atoms with Crippen LogP contribution in [0.25, 0.3) is 28.1 Å². The SMILES string of the molecule is O=C(O)C=Cc1ccc(C(=C(c2ccccc2)C2CCC2)c2cc(F)c3[nH]ncc3c2F)cc1. The van der Waals surface area contributed by atoms with E-state index in [-0.39, 0.29) is 22.4 Å². The number of carboxylic acids is 1. The molecule has 0 radical (unpaired) electrons. The monoisotopic (exact) mass is 456 g/mol. The number of allylic oxidation sites excluding steroid dienone is 1. The Labute approximate surface area is 195 Å². The van der Waals surface area contributed by atoms with E-state index in [1.165, 1.54) is 18.3 Å². The summed E-state index contributed by atoms with van der Waals surface area (Å²) in [5, 5.41) is 15.4. The summed E-state index contributed by atoms with van der Waals surface area (Å²) in [7, 11) is 0. The Morgan fingerprint density at radius 1 is 1.03 bits per heavy atom. The molecule has 34 heavy (non-hydrogen) atoms. The van der Waals surface area contributed by atoms with Crippen LogP contribution in [-0.2, 0) is 4.79 Å². The first-order valence-electron chi connectivity index (χ1n) is 11.2. The van der Waals surface area contributed by atoms with Gasteiger partial charge in [-0.25, -0.2) is 13.6 Å². The number of fused-ring (bicyclic) bond motifs is 1. The average Bonchev–Trinajstić information content (AvgIpc) is 3.31. The first kappa shape index (κ1) is 21.8. The molecule has 0 bridgehead atoms. The number of nitrogens with one attached hydrogen (secondary N) is 1. The van der Waals surface area contributed by atoms with Crippen molar-refractivity contribution in [3.05, 3.63) is 107 Å². The molecule has 0 atom stereocenters. The predicted octanol–water partition coefficient (Wildman–Crippen LogP) is 6.70. The van der Waals surface area contributed by atoms with Gasteiger partial charge in [-0.05, 0) is 58.7 Å². The lowest BCUT2D eigenvalue weighted by atomic mass is 9.73. The van der Waals surface area contributed by atoms with Crippen molar-refractivity contribution in [2.45, 2.75) is 19.3 Å². The van der Waals surface area contributed by atoms with E-state index >= 15 is 8.78 Å². The van der Waals surface area contributed by atoms with Crippen molar-refractivity contribution in [2.75, 3.05) is 0 Å². The molecule has 0 unspecified atom stereocenters. The molecule has 1 aliphatic rings. The molecular weight excluding hydrogens is 434 g/mol. The third-order valence-corrected chi connectivity index (χ3v) is 6.38. The summed E-state index contributed by atoms with van der Waals surface area (Å²) in [6.45, 7) is 0. The fourth-order valence-electron chi connectivity index (χ4n) is 4.51. The zero-order valence-electron chi connectivity index (χ0n) is 18.3. The Hall–Kier alpha value is -4.06. The first-order valence-corrected chi connectivity index (χ1v) is 11.2. The number of carboxylic acid groups (broad SMARTS) is 1. The van der Waals surface area contributed by atoms with Crippen LogP contribution in [0, 0.1) is 17.6 Å². The molecule has 6 heteroatoms. The van der Waals surface area contributed by atoms with E-state index in [2.05, 4.69) is 10.2 Å². The number of aliphatic carboxylic acids is 1. The van der Waals surface area contributed by atoms with Crippen molar-refractivity contribution in [1.82, 2.24) is 10.2 Å². The second-order valence-corrected chi connectivity index (χ2v) is 8.45. The lowest BCUT2D eigenvalue weighted by Crippen LogP contribution is -2.15. The molecule has 3 aromatic carbocycles. The fraction of sp³-hybridized carbons (Fsp3) is 0.143. The maximum Gasteiger partial charge on any atom is 0.328 e. The predicted molar refractivity (Wildman–Crippen MR) is 129 cm³/mol. The van der Waals surface area contributed by atoms with Crippen molar-refractivity contribution in [1.29, 1.82) is 0 Å². The number of halogens is 2. The highest BCUT2D eigenvalue weighted by Gasteiger charge is 2.29. The van der Waals surface area contributed by atoms with Crippen molar-refractivity contribution < 1.29 is 18.7 Å². The van der Waals surface area contributed by atoms with E-state index in [9.17, 15) is 4.79 Å². The number of benzene rings is 3.